The highest BCUT2D eigenvalue weighted by atomic mass is 35.5. The molecule has 1 aliphatic carbocycles. The van der Waals surface area contributed by atoms with Crippen LogP contribution in [-0.2, 0) is 4.79 Å². The van der Waals surface area contributed by atoms with E-state index in [0.717, 1.165) is 37.8 Å². The van der Waals surface area contributed by atoms with Gasteiger partial charge in [-0.1, -0.05) is 19.3 Å². The van der Waals surface area contributed by atoms with Crippen molar-refractivity contribution in [3.63, 3.8) is 0 Å². The molecule has 142 valence electrons. The van der Waals surface area contributed by atoms with Gasteiger partial charge in [0.2, 0.25) is 5.91 Å². The summed E-state index contributed by atoms with van der Waals surface area (Å²) in [7, 11) is 0. The molecular weight excluding hydrogens is 350 g/mol. The Morgan fingerprint density at radius 1 is 1.32 bits per heavy atom. The highest BCUT2D eigenvalue weighted by Gasteiger charge is 2.33. The molecule has 1 fully saturated rings. The van der Waals surface area contributed by atoms with Crippen LogP contribution >= 0.6 is 12.4 Å². The lowest BCUT2D eigenvalue weighted by Gasteiger charge is -2.36. The standard InChI is InChI=1S/C18H26F2N2O2.ClH/c1-13(11-24-16-6-5-14(19)9-15(16)20)22-17(23)10-18(12-21)7-3-2-4-8-18;/h5-6,9,13H,2-4,7-8,10-12,21H2,1H3,(H,22,23);1H. The largest absolute Gasteiger partial charge is 0.488 e. The number of hydrogen-bond acceptors (Lipinski definition) is 3. The van der Waals surface area contributed by atoms with Crippen LogP contribution < -0.4 is 15.8 Å². The van der Waals surface area contributed by atoms with E-state index in [4.69, 9.17) is 10.5 Å². The third-order valence-electron chi connectivity index (χ3n) is 4.67. The molecule has 1 aliphatic rings. The third kappa shape index (κ3) is 6.44. The summed E-state index contributed by atoms with van der Waals surface area (Å²) in [4.78, 5) is 12.3. The van der Waals surface area contributed by atoms with E-state index in [9.17, 15) is 13.6 Å². The number of hydrogen-bond donors (Lipinski definition) is 2. The van der Waals surface area contributed by atoms with E-state index in [0.29, 0.717) is 13.0 Å². The number of carbonyl (C=O) groups excluding carboxylic acids is 1. The zero-order chi connectivity index (χ0) is 17.6. The van der Waals surface area contributed by atoms with E-state index in [1.165, 1.54) is 12.5 Å². The van der Waals surface area contributed by atoms with Crippen LogP contribution in [0.5, 0.6) is 5.75 Å². The van der Waals surface area contributed by atoms with Gasteiger partial charge >= 0.3 is 0 Å². The van der Waals surface area contributed by atoms with Gasteiger partial charge in [-0.3, -0.25) is 4.79 Å². The van der Waals surface area contributed by atoms with Gasteiger partial charge in [-0.25, -0.2) is 8.78 Å². The van der Waals surface area contributed by atoms with Crippen molar-refractivity contribution in [3.05, 3.63) is 29.8 Å². The maximum Gasteiger partial charge on any atom is 0.220 e. The molecule has 1 saturated carbocycles. The van der Waals surface area contributed by atoms with E-state index in [2.05, 4.69) is 5.32 Å². The lowest BCUT2D eigenvalue weighted by atomic mass is 9.71. The molecule has 1 amide bonds. The Labute approximate surface area is 153 Å². The van der Waals surface area contributed by atoms with Gasteiger partial charge in [-0.15, -0.1) is 12.4 Å². The van der Waals surface area contributed by atoms with E-state index >= 15 is 0 Å². The fourth-order valence-electron chi connectivity index (χ4n) is 3.27. The molecule has 0 aromatic heterocycles. The molecule has 4 nitrogen and oxygen atoms in total. The first-order valence-electron chi connectivity index (χ1n) is 8.51. The minimum atomic E-state index is -0.752. The molecule has 0 heterocycles. The number of halogens is 3. The van der Waals surface area contributed by atoms with E-state index in [1.54, 1.807) is 6.92 Å². The summed E-state index contributed by atoms with van der Waals surface area (Å²) in [6.07, 6.45) is 5.83. The minimum Gasteiger partial charge on any atom is -0.488 e. The Kier molecular flexibility index (Phi) is 8.59. The number of nitrogens with two attached hydrogens (primary N) is 1. The van der Waals surface area contributed by atoms with Gasteiger partial charge in [0.25, 0.3) is 0 Å². The van der Waals surface area contributed by atoms with E-state index < -0.39 is 11.6 Å². The zero-order valence-corrected chi connectivity index (χ0v) is 15.3. The molecule has 0 aliphatic heterocycles. The van der Waals surface area contributed by atoms with Gasteiger partial charge in [0.15, 0.2) is 11.6 Å². The van der Waals surface area contributed by atoms with Gasteiger partial charge in [0.05, 0.1) is 6.04 Å². The molecule has 1 aromatic carbocycles. The normalized spacial score (nSPS) is 17.3. The first kappa shape index (κ1) is 21.6. The highest BCUT2D eigenvalue weighted by molar-refractivity contribution is 5.85. The fourth-order valence-corrected chi connectivity index (χ4v) is 3.27. The second kappa shape index (κ2) is 9.92. The maximum absolute atomic E-state index is 13.5. The van der Waals surface area contributed by atoms with Crippen molar-refractivity contribution in [3.8, 4) is 5.75 Å². The Morgan fingerprint density at radius 3 is 2.60 bits per heavy atom. The molecule has 1 unspecified atom stereocenters. The number of ether oxygens (including phenoxy) is 1. The first-order valence-corrected chi connectivity index (χ1v) is 8.51. The molecule has 2 rings (SSSR count). The molecule has 3 N–H and O–H groups in total. The molecule has 25 heavy (non-hydrogen) atoms. The topological polar surface area (TPSA) is 64.3 Å². The number of nitrogens with one attached hydrogen (secondary N) is 1. The Balaban J connectivity index is 0.00000312. The molecule has 0 saturated heterocycles. The van der Waals surface area contributed by atoms with Gasteiger partial charge in [0, 0.05) is 12.5 Å². The lowest BCUT2D eigenvalue weighted by Crippen LogP contribution is -2.42. The predicted octanol–water partition coefficient (Wildman–Crippen LogP) is 3.57. The van der Waals surface area contributed by atoms with Crippen LogP contribution in [0.2, 0.25) is 0 Å². The minimum absolute atomic E-state index is 0. The molecular formula is C18H27ClF2N2O2. The van der Waals surface area contributed by atoms with Gasteiger partial charge in [-0.2, -0.15) is 0 Å². The van der Waals surface area contributed by atoms with Crippen molar-refractivity contribution in [1.29, 1.82) is 0 Å². The summed E-state index contributed by atoms with van der Waals surface area (Å²) in [5.41, 5.74) is 5.81. The second-order valence-corrected chi connectivity index (χ2v) is 6.80. The average Bonchev–Trinajstić information content (AvgIpc) is 2.54. The number of amides is 1. The van der Waals surface area contributed by atoms with Crippen molar-refractivity contribution >= 4 is 18.3 Å². The van der Waals surface area contributed by atoms with Crippen molar-refractivity contribution in [2.45, 2.75) is 51.5 Å². The Bertz CT molecular complexity index is 566. The van der Waals surface area contributed by atoms with Crippen molar-refractivity contribution < 1.29 is 18.3 Å². The maximum atomic E-state index is 13.5. The fraction of sp³-hybridized carbons (Fsp3) is 0.611. The summed E-state index contributed by atoms with van der Waals surface area (Å²) in [5, 5.41) is 2.87. The molecule has 0 bridgehead atoms. The molecule has 0 spiro atoms. The molecule has 1 aromatic rings. The summed E-state index contributed by atoms with van der Waals surface area (Å²) >= 11 is 0. The van der Waals surface area contributed by atoms with Crippen LogP contribution in [-0.4, -0.2) is 25.1 Å². The summed E-state index contributed by atoms with van der Waals surface area (Å²) in [5.74, 6) is -1.49. The highest BCUT2D eigenvalue weighted by Crippen LogP contribution is 2.38. The predicted molar refractivity (Wildman–Crippen MR) is 95.9 cm³/mol. The summed E-state index contributed by atoms with van der Waals surface area (Å²) in [6, 6.07) is 2.87. The second-order valence-electron chi connectivity index (χ2n) is 6.80. The van der Waals surface area contributed by atoms with Crippen LogP contribution in [0.25, 0.3) is 0 Å². The van der Waals surface area contributed by atoms with Crippen molar-refractivity contribution in [2.75, 3.05) is 13.2 Å². The summed E-state index contributed by atoms with van der Waals surface area (Å²) < 4.78 is 31.7. The zero-order valence-electron chi connectivity index (χ0n) is 14.5. The van der Waals surface area contributed by atoms with Gasteiger partial charge in [0.1, 0.15) is 12.4 Å². The van der Waals surface area contributed by atoms with Crippen LogP contribution in [0.4, 0.5) is 8.78 Å². The first-order chi connectivity index (χ1) is 11.4. The Morgan fingerprint density at radius 2 is 2.00 bits per heavy atom. The SMILES string of the molecule is CC(COc1ccc(F)cc1F)NC(=O)CC1(CN)CCCCC1.Cl. The van der Waals surface area contributed by atoms with Crippen LogP contribution in [0.1, 0.15) is 45.4 Å². The van der Waals surface area contributed by atoms with Crippen LogP contribution in [0, 0.1) is 17.0 Å². The monoisotopic (exact) mass is 376 g/mol. The van der Waals surface area contributed by atoms with Gasteiger partial charge < -0.3 is 15.8 Å². The third-order valence-corrected chi connectivity index (χ3v) is 4.67. The number of benzene rings is 1. The molecule has 1 atom stereocenters. The molecule has 0 radical (unpaired) electrons. The van der Waals surface area contributed by atoms with E-state index in [1.807, 2.05) is 0 Å². The van der Waals surface area contributed by atoms with E-state index in [-0.39, 0.29) is 42.1 Å². The smallest absolute Gasteiger partial charge is 0.220 e. The Hall–Kier alpha value is -1.40. The van der Waals surface area contributed by atoms with Gasteiger partial charge in [-0.05, 0) is 43.9 Å². The lowest BCUT2D eigenvalue weighted by molar-refractivity contribution is -0.124. The van der Waals surface area contributed by atoms with Crippen LogP contribution in [0.3, 0.4) is 0 Å². The summed E-state index contributed by atoms with van der Waals surface area (Å²) in [6.45, 7) is 2.42. The quantitative estimate of drug-likeness (QED) is 0.764. The average molecular weight is 377 g/mol. The number of carbonyl (C=O) groups is 1. The van der Waals surface area contributed by atoms with Crippen molar-refractivity contribution in [2.24, 2.45) is 11.1 Å². The van der Waals surface area contributed by atoms with Crippen molar-refractivity contribution in [1.82, 2.24) is 5.32 Å². The molecule has 7 heteroatoms. The number of rotatable bonds is 7. The van der Waals surface area contributed by atoms with Crippen LogP contribution in [0.15, 0.2) is 18.2 Å².